The molecule has 110 valence electrons. The summed E-state index contributed by atoms with van der Waals surface area (Å²) in [6.45, 7) is 5.23. The molecule has 0 saturated heterocycles. The van der Waals surface area contributed by atoms with Gasteiger partial charge in [0, 0.05) is 11.8 Å². The summed E-state index contributed by atoms with van der Waals surface area (Å²) < 4.78 is 5.31. The van der Waals surface area contributed by atoms with Crippen molar-refractivity contribution in [2.24, 2.45) is 10.7 Å². The van der Waals surface area contributed by atoms with Gasteiger partial charge in [-0.3, -0.25) is 4.99 Å². The molecule has 1 aliphatic heterocycles. The number of guanidine groups is 1. The van der Waals surface area contributed by atoms with Gasteiger partial charge in [0.2, 0.25) is 0 Å². The fraction of sp³-hybridized carbons (Fsp3) is 0.562. The molecular formula is C16H25N3O. The Kier molecular flexibility index (Phi) is 4.53. The Bertz CT molecular complexity index is 486. The van der Waals surface area contributed by atoms with Crippen molar-refractivity contribution < 1.29 is 4.74 Å². The van der Waals surface area contributed by atoms with Crippen molar-refractivity contribution in [3.05, 3.63) is 24.3 Å². The molecular weight excluding hydrogens is 250 g/mol. The number of nitrogens with zero attached hydrogens (tertiary/aromatic N) is 2. The van der Waals surface area contributed by atoms with E-state index in [0.29, 0.717) is 5.96 Å². The van der Waals surface area contributed by atoms with E-state index in [1.165, 1.54) is 19.3 Å². The van der Waals surface area contributed by atoms with Crippen LogP contribution in [0.1, 0.15) is 39.5 Å². The number of methoxy groups -OCH3 is 1. The van der Waals surface area contributed by atoms with Crippen LogP contribution >= 0.6 is 0 Å². The zero-order valence-corrected chi connectivity index (χ0v) is 12.7. The minimum absolute atomic E-state index is 0.0222. The summed E-state index contributed by atoms with van der Waals surface area (Å²) in [5.74, 6) is 1.45. The Morgan fingerprint density at radius 1 is 1.40 bits per heavy atom. The third kappa shape index (κ3) is 2.89. The molecule has 0 amide bonds. The molecule has 1 heterocycles. The van der Waals surface area contributed by atoms with Gasteiger partial charge in [-0.2, -0.15) is 0 Å². The molecule has 1 unspecified atom stereocenters. The molecule has 0 aliphatic carbocycles. The molecule has 0 saturated carbocycles. The van der Waals surface area contributed by atoms with Crippen LogP contribution in [0.25, 0.3) is 0 Å². The summed E-state index contributed by atoms with van der Waals surface area (Å²) >= 11 is 0. The topological polar surface area (TPSA) is 50.8 Å². The predicted molar refractivity (Wildman–Crippen MR) is 84.5 cm³/mol. The van der Waals surface area contributed by atoms with Crippen molar-refractivity contribution in [2.45, 2.75) is 45.1 Å². The summed E-state index contributed by atoms with van der Waals surface area (Å²) in [6, 6.07) is 8.02. The number of hydrogen-bond donors (Lipinski definition) is 1. The highest BCUT2D eigenvalue weighted by Gasteiger charge is 2.38. The maximum absolute atomic E-state index is 6.12. The fourth-order valence-electron chi connectivity index (χ4n) is 2.81. The van der Waals surface area contributed by atoms with E-state index in [2.05, 4.69) is 29.8 Å². The van der Waals surface area contributed by atoms with E-state index in [9.17, 15) is 0 Å². The van der Waals surface area contributed by atoms with Gasteiger partial charge in [-0.25, -0.2) is 0 Å². The Balaban J connectivity index is 2.23. The van der Waals surface area contributed by atoms with Crippen molar-refractivity contribution in [1.29, 1.82) is 0 Å². The molecule has 1 aromatic carbocycles. The van der Waals surface area contributed by atoms with Crippen molar-refractivity contribution >= 4 is 11.6 Å². The fourth-order valence-corrected chi connectivity index (χ4v) is 2.81. The van der Waals surface area contributed by atoms with Gasteiger partial charge in [-0.15, -0.1) is 0 Å². The molecule has 0 bridgehead atoms. The lowest BCUT2D eigenvalue weighted by Gasteiger charge is -2.36. The number of hydrogen-bond acceptors (Lipinski definition) is 4. The van der Waals surface area contributed by atoms with E-state index in [-0.39, 0.29) is 5.54 Å². The molecule has 0 radical (unpaired) electrons. The van der Waals surface area contributed by atoms with E-state index >= 15 is 0 Å². The average Bonchev–Trinajstić information content (AvgIpc) is 2.75. The van der Waals surface area contributed by atoms with E-state index in [4.69, 9.17) is 10.5 Å². The molecule has 1 aromatic rings. The second-order valence-electron chi connectivity index (χ2n) is 5.67. The number of unbranched alkanes of at least 4 members (excludes halogenated alkanes) is 2. The molecule has 1 aliphatic rings. The zero-order valence-electron chi connectivity index (χ0n) is 12.7. The molecule has 2 rings (SSSR count). The first kappa shape index (κ1) is 14.7. The molecule has 20 heavy (non-hydrogen) atoms. The number of nitrogens with two attached hydrogens (primary N) is 1. The highest BCUT2D eigenvalue weighted by atomic mass is 16.5. The van der Waals surface area contributed by atoms with Crippen molar-refractivity contribution in [3.63, 3.8) is 0 Å². The van der Waals surface area contributed by atoms with Gasteiger partial charge in [0.15, 0.2) is 5.96 Å². The number of ether oxygens (including phenoxy) is 1. The van der Waals surface area contributed by atoms with E-state index < -0.39 is 0 Å². The standard InChI is InChI=1S/C16H25N3O/c1-4-5-6-10-16(2)12-18-15(17)19(16)13-8-7-9-14(11-13)20-3/h7-9,11H,4-6,10,12H2,1-3H3,(H2,17,18). The van der Waals surface area contributed by atoms with Gasteiger partial charge in [-0.05, 0) is 25.5 Å². The lowest BCUT2D eigenvalue weighted by molar-refractivity contribution is 0.413. The minimum atomic E-state index is -0.0222. The maximum Gasteiger partial charge on any atom is 0.196 e. The van der Waals surface area contributed by atoms with E-state index in [1.54, 1.807) is 7.11 Å². The molecule has 2 N–H and O–H groups in total. The van der Waals surface area contributed by atoms with Crippen LogP contribution in [0.15, 0.2) is 29.3 Å². The monoisotopic (exact) mass is 275 g/mol. The predicted octanol–water partition coefficient (Wildman–Crippen LogP) is 3.17. The summed E-state index contributed by atoms with van der Waals surface area (Å²) in [6.07, 6.45) is 4.78. The second-order valence-corrected chi connectivity index (χ2v) is 5.67. The van der Waals surface area contributed by atoms with Gasteiger partial charge in [0.1, 0.15) is 5.75 Å². The van der Waals surface area contributed by atoms with Crippen molar-refractivity contribution in [3.8, 4) is 5.75 Å². The van der Waals surface area contributed by atoms with Gasteiger partial charge in [0.05, 0.1) is 19.2 Å². The van der Waals surface area contributed by atoms with Crippen LogP contribution in [-0.2, 0) is 0 Å². The third-order valence-corrected chi connectivity index (χ3v) is 3.98. The van der Waals surface area contributed by atoms with E-state index in [1.807, 2.05) is 18.2 Å². The van der Waals surface area contributed by atoms with Crippen LogP contribution in [0.3, 0.4) is 0 Å². The van der Waals surface area contributed by atoms with Crippen LogP contribution < -0.4 is 15.4 Å². The van der Waals surface area contributed by atoms with Crippen LogP contribution in [0.2, 0.25) is 0 Å². The number of anilines is 1. The van der Waals surface area contributed by atoms with Gasteiger partial charge in [0.25, 0.3) is 0 Å². The highest BCUT2D eigenvalue weighted by Crippen LogP contribution is 2.34. The zero-order chi connectivity index (χ0) is 14.6. The average molecular weight is 275 g/mol. The summed E-state index contributed by atoms with van der Waals surface area (Å²) in [7, 11) is 1.68. The van der Waals surface area contributed by atoms with Crippen molar-refractivity contribution in [1.82, 2.24) is 0 Å². The molecule has 1 atom stereocenters. The third-order valence-electron chi connectivity index (χ3n) is 3.98. The summed E-state index contributed by atoms with van der Waals surface area (Å²) in [5, 5.41) is 0. The van der Waals surface area contributed by atoms with Gasteiger partial charge < -0.3 is 15.4 Å². The van der Waals surface area contributed by atoms with Crippen LogP contribution in [0.4, 0.5) is 5.69 Å². The Morgan fingerprint density at radius 2 is 2.20 bits per heavy atom. The lowest BCUT2D eigenvalue weighted by atomic mass is 9.93. The lowest BCUT2D eigenvalue weighted by Crippen LogP contribution is -2.49. The molecule has 0 aromatic heterocycles. The number of rotatable bonds is 6. The van der Waals surface area contributed by atoms with Gasteiger partial charge >= 0.3 is 0 Å². The van der Waals surface area contributed by atoms with Crippen LogP contribution in [0, 0.1) is 0 Å². The smallest absolute Gasteiger partial charge is 0.196 e. The first-order chi connectivity index (χ1) is 9.60. The Hall–Kier alpha value is -1.71. The molecule has 0 spiro atoms. The normalized spacial score (nSPS) is 21.9. The Labute approximate surface area is 121 Å². The first-order valence-electron chi connectivity index (χ1n) is 7.35. The summed E-state index contributed by atoms with van der Waals surface area (Å²) in [4.78, 5) is 6.62. The largest absolute Gasteiger partial charge is 0.497 e. The highest BCUT2D eigenvalue weighted by molar-refractivity contribution is 5.98. The second kappa shape index (κ2) is 6.16. The van der Waals surface area contributed by atoms with E-state index in [0.717, 1.165) is 24.4 Å². The molecule has 4 heteroatoms. The quantitative estimate of drug-likeness (QED) is 0.811. The van der Waals surface area contributed by atoms with Crippen molar-refractivity contribution in [2.75, 3.05) is 18.6 Å². The number of aliphatic imine (C=N–C) groups is 1. The van der Waals surface area contributed by atoms with Crippen LogP contribution in [0.5, 0.6) is 5.75 Å². The Morgan fingerprint density at radius 3 is 2.90 bits per heavy atom. The number of benzene rings is 1. The maximum atomic E-state index is 6.12. The first-order valence-corrected chi connectivity index (χ1v) is 7.35. The SMILES string of the molecule is CCCCCC1(C)CN=C(N)N1c1cccc(OC)c1. The molecule has 4 nitrogen and oxygen atoms in total. The van der Waals surface area contributed by atoms with Crippen LogP contribution in [-0.4, -0.2) is 25.2 Å². The minimum Gasteiger partial charge on any atom is -0.497 e. The summed E-state index contributed by atoms with van der Waals surface area (Å²) in [5.41, 5.74) is 7.15. The van der Waals surface area contributed by atoms with Gasteiger partial charge in [-0.1, -0.05) is 32.3 Å². The molecule has 0 fully saturated rings.